The lowest BCUT2D eigenvalue weighted by molar-refractivity contribution is -0.134. The second kappa shape index (κ2) is 8.87. The van der Waals surface area contributed by atoms with Gasteiger partial charge in [0.05, 0.1) is 11.6 Å². The van der Waals surface area contributed by atoms with E-state index < -0.39 is 0 Å². The Hall–Kier alpha value is -3.88. The maximum Gasteiger partial charge on any atom is 0.269 e. The summed E-state index contributed by atoms with van der Waals surface area (Å²) < 4.78 is 0. The van der Waals surface area contributed by atoms with Crippen LogP contribution in [-0.2, 0) is 9.59 Å². The molecule has 3 rings (SSSR count). The fourth-order valence-corrected chi connectivity index (χ4v) is 2.95. The molecular formula is C20H22N6O3. The van der Waals surface area contributed by atoms with E-state index in [4.69, 9.17) is 5.73 Å². The number of aliphatic imine (C=N–C) groups is 1. The molecule has 2 aromatic carbocycles. The monoisotopic (exact) mass is 394 g/mol. The van der Waals surface area contributed by atoms with E-state index in [0.717, 1.165) is 11.3 Å². The van der Waals surface area contributed by atoms with E-state index in [9.17, 15) is 14.4 Å². The van der Waals surface area contributed by atoms with Crippen LogP contribution < -0.4 is 27.2 Å². The quantitative estimate of drug-likeness (QED) is 0.224. The van der Waals surface area contributed by atoms with Gasteiger partial charge in [0.15, 0.2) is 5.96 Å². The molecule has 3 amide bonds. The average molecular weight is 394 g/mol. The number of hydrogen-bond acceptors (Lipinski definition) is 5. The Morgan fingerprint density at radius 1 is 1.14 bits per heavy atom. The minimum Gasteiger partial charge on any atom is -0.370 e. The first-order chi connectivity index (χ1) is 14.0. The molecule has 0 radical (unpaired) electrons. The smallest absolute Gasteiger partial charge is 0.269 e. The third-order valence-corrected chi connectivity index (χ3v) is 4.51. The zero-order chi connectivity index (χ0) is 20.8. The highest BCUT2D eigenvalue weighted by molar-refractivity contribution is 6.01. The van der Waals surface area contributed by atoms with Crippen molar-refractivity contribution >= 4 is 35.1 Å². The summed E-state index contributed by atoms with van der Waals surface area (Å²) in [6.07, 6.45) is 0.777. The van der Waals surface area contributed by atoms with Crippen LogP contribution in [0.15, 0.2) is 53.5 Å². The van der Waals surface area contributed by atoms with Crippen molar-refractivity contribution < 1.29 is 14.4 Å². The van der Waals surface area contributed by atoms with Gasteiger partial charge >= 0.3 is 0 Å². The maximum absolute atomic E-state index is 12.3. The number of piperidine rings is 1. The number of hydrazine groups is 1. The molecule has 6 N–H and O–H groups in total. The van der Waals surface area contributed by atoms with E-state index in [2.05, 4.69) is 26.5 Å². The molecule has 150 valence electrons. The second-order valence-electron chi connectivity index (χ2n) is 6.52. The number of anilines is 2. The summed E-state index contributed by atoms with van der Waals surface area (Å²) >= 11 is 0. The van der Waals surface area contributed by atoms with E-state index in [1.54, 1.807) is 49.5 Å². The molecule has 9 heteroatoms. The Bertz CT molecular complexity index is 955. The van der Waals surface area contributed by atoms with Crippen molar-refractivity contribution in [1.82, 2.24) is 10.7 Å². The lowest BCUT2D eigenvalue weighted by Crippen LogP contribution is -2.39. The normalized spacial score (nSPS) is 16.7. The van der Waals surface area contributed by atoms with Gasteiger partial charge in [-0.25, -0.2) is 0 Å². The van der Waals surface area contributed by atoms with Crippen LogP contribution in [0.25, 0.3) is 0 Å². The molecule has 0 aromatic heterocycles. The van der Waals surface area contributed by atoms with Crippen LogP contribution in [0.5, 0.6) is 0 Å². The summed E-state index contributed by atoms with van der Waals surface area (Å²) in [6, 6.07) is 13.9. The Kier molecular flexibility index (Phi) is 6.08. The molecule has 1 heterocycles. The van der Waals surface area contributed by atoms with Gasteiger partial charge in [-0.05, 0) is 48.4 Å². The van der Waals surface area contributed by atoms with Crippen molar-refractivity contribution in [1.29, 1.82) is 0 Å². The van der Waals surface area contributed by atoms with Gasteiger partial charge in [-0.1, -0.05) is 12.1 Å². The summed E-state index contributed by atoms with van der Waals surface area (Å²) in [5.74, 6) is -0.979. The largest absolute Gasteiger partial charge is 0.370 e. The van der Waals surface area contributed by atoms with Gasteiger partial charge in [-0.15, -0.1) is 0 Å². The predicted molar refractivity (Wildman–Crippen MR) is 110 cm³/mol. The molecule has 29 heavy (non-hydrogen) atoms. The molecule has 2 aromatic rings. The molecule has 0 saturated carbocycles. The fourth-order valence-electron chi connectivity index (χ4n) is 2.95. The number of nitrogens with two attached hydrogens (primary N) is 1. The van der Waals surface area contributed by atoms with Crippen LogP contribution in [-0.4, -0.2) is 30.7 Å². The van der Waals surface area contributed by atoms with Crippen molar-refractivity contribution in [3.63, 3.8) is 0 Å². The summed E-state index contributed by atoms with van der Waals surface area (Å²) in [4.78, 5) is 39.5. The molecule has 9 nitrogen and oxygen atoms in total. The fraction of sp³-hybridized carbons (Fsp3) is 0.200. The number of nitrogens with zero attached hydrogens (tertiary/aromatic N) is 1. The van der Waals surface area contributed by atoms with Gasteiger partial charge in [0.1, 0.15) is 0 Å². The SMILES string of the molecule is CN=C(N)Nc1ccc(C(=O)NNc2cccc(C3CCC(=O)NC3=O)c2)cc1. The molecule has 1 fully saturated rings. The van der Waals surface area contributed by atoms with Crippen LogP contribution >= 0.6 is 0 Å². The first-order valence-electron chi connectivity index (χ1n) is 9.05. The molecule has 1 aliphatic rings. The van der Waals surface area contributed by atoms with Gasteiger partial charge < -0.3 is 11.1 Å². The molecule has 1 unspecified atom stereocenters. The van der Waals surface area contributed by atoms with Gasteiger partial charge in [-0.3, -0.25) is 35.5 Å². The van der Waals surface area contributed by atoms with Gasteiger partial charge in [0.2, 0.25) is 11.8 Å². The van der Waals surface area contributed by atoms with E-state index in [1.165, 1.54) is 0 Å². The van der Waals surface area contributed by atoms with Crippen molar-refractivity contribution in [3.05, 3.63) is 59.7 Å². The highest BCUT2D eigenvalue weighted by atomic mass is 16.2. The van der Waals surface area contributed by atoms with Crippen molar-refractivity contribution in [2.45, 2.75) is 18.8 Å². The summed E-state index contributed by atoms with van der Waals surface area (Å²) in [6.45, 7) is 0. The Morgan fingerprint density at radius 3 is 2.59 bits per heavy atom. The minimum absolute atomic E-state index is 0.251. The summed E-state index contributed by atoms with van der Waals surface area (Å²) in [5, 5.41) is 5.24. The van der Waals surface area contributed by atoms with E-state index in [-0.39, 0.29) is 29.6 Å². The van der Waals surface area contributed by atoms with Crippen LogP contribution in [0, 0.1) is 0 Å². The van der Waals surface area contributed by atoms with Gasteiger partial charge in [0.25, 0.3) is 5.91 Å². The molecule has 0 bridgehead atoms. The zero-order valence-electron chi connectivity index (χ0n) is 15.9. The highest BCUT2D eigenvalue weighted by Crippen LogP contribution is 2.26. The number of rotatable bonds is 5. The minimum atomic E-state index is -0.385. The number of imide groups is 1. The molecule has 0 aliphatic carbocycles. The number of amides is 3. The third kappa shape index (κ3) is 5.10. The zero-order valence-corrected chi connectivity index (χ0v) is 15.9. The molecular weight excluding hydrogens is 372 g/mol. The van der Waals surface area contributed by atoms with Crippen LogP contribution in [0.2, 0.25) is 0 Å². The van der Waals surface area contributed by atoms with E-state index in [1.807, 2.05) is 6.07 Å². The second-order valence-corrected chi connectivity index (χ2v) is 6.52. The van der Waals surface area contributed by atoms with Crippen LogP contribution in [0.3, 0.4) is 0 Å². The molecule has 1 atom stereocenters. The standard InChI is InChI=1S/C20H22N6O3/c1-22-20(21)23-14-7-5-12(6-8-14)18(28)26-25-15-4-2-3-13(11-15)16-9-10-17(27)24-19(16)29/h2-8,11,16,25H,9-10H2,1H3,(H,26,28)(H3,21,22,23)(H,24,27,29). The van der Waals surface area contributed by atoms with E-state index in [0.29, 0.717) is 24.1 Å². The van der Waals surface area contributed by atoms with E-state index >= 15 is 0 Å². The average Bonchev–Trinajstić information content (AvgIpc) is 2.72. The topological polar surface area (TPSA) is 138 Å². The number of carbonyl (C=O) groups excluding carboxylic acids is 3. The number of benzene rings is 2. The van der Waals surface area contributed by atoms with Gasteiger partial charge in [-0.2, -0.15) is 0 Å². The third-order valence-electron chi connectivity index (χ3n) is 4.51. The van der Waals surface area contributed by atoms with Crippen LogP contribution in [0.1, 0.15) is 34.7 Å². The number of carbonyl (C=O) groups is 3. The summed E-state index contributed by atoms with van der Waals surface area (Å²) in [7, 11) is 1.57. The van der Waals surface area contributed by atoms with Crippen LogP contribution in [0.4, 0.5) is 11.4 Å². The van der Waals surface area contributed by atoms with Crippen molar-refractivity contribution in [2.75, 3.05) is 17.8 Å². The number of hydrogen-bond donors (Lipinski definition) is 5. The van der Waals surface area contributed by atoms with Crippen molar-refractivity contribution in [2.24, 2.45) is 10.7 Å². The first-order valence-corrected chi connectivity index (χ1v) is 9.05. The molecule has 1 saturated heterocycles. The summed E-state index contributed by atoms with van der Waals surface area (Å²) in [5.41, 5.74) is 13.7. The van der Waals surface area contributed by atoms with Crippen molar-refractivity contribution in [3.8, 4) is 0 Å². The number of guanidine groups is 1. The Morgan fingerprint density at radius 2 is 1.90 bits per heavy atom. The predicted octanol–water partition coefficient (Wildman–Crippen LogP) is 1.32. The Labute approximate surface area is 167 Å². The molecule has 1 aliphatic heterocycles. The van der Waals surface area contributed by atoms with Gasteiger partial charge in [0, 0.05) is 24.7 Å². The Balaban J connectivity index is 1.60. The lowest BCUT2D eigenvalue weighted by atomic mass is 9.90. The lowest BCUT2D eigenvalue weighted by Gasteiger charge is -2.21. The highest BCUT2D eigenvalue weighted by Gasteiger charge is 2.27. The molecule has 0 spiro atoms. The first kappa shape index (κ1) is 19.9. The number of nitrogens with one attached hydrogen (secondary N) is 4. The maximum atomic E-state index is 12.3.